The van der Waals surface area contributed by atoms with Gasteiger partial charge in [0.2, 0.25) is 11.8 Å². The van der Waals surface area contributed by atoms with Gasteiger partial charge in [-0.25, -0.2) is 4.98 Å². The van der Waals surface area contributed by atoms with E-state index in [0.29, 0.717) is 13.1 Å². The number of hydrogen-bond donors (Lipinski definition) is 1. The Hall–Kier alpha value is -3.48. The predicted octanol–water partition coefficient (Wildman–Crippen LogP) is 2.75. The summed E-state index contributed by atoms with van der Waals surface area (Å²) in [5, 5.41) is 7.29. The highest BCUT2D eigenvalue weighted by Gasteiger charge is 2.36. The molecule has 1 aliphatic rings. The Morgan fingerprint density at radius 2 is 1.93 bits per heavy atom. The average molecular weight is 403 g/mol. The molecule has 0 bridgehead atoms. The zero-order valence-corrected chi connectivity index (χ0v) is 16.9. The molecular formula is C23H25N5O2. The molecular weight excluding hydrogens is 378 g/mol. The van der Waals surface area contributed by atoms with Crippen LogP contribution in [0.25, 0.3) is 0 Å². The molecule has 3 aromatic rings. The number of nitrogens with zero attached hydrogens (tertiary/aromatic N) is 4. The third kappa shape index (κ3) is 4.25. The van der Waals surface area contributed by atoms with Crippen molar-refractivity contribution in [1.82, 2.24) is 20.1 Å². The van der Waals surface area contributed by atoms with Crippen LogP contribution in [-0.2, 0) is 22.6 Å². The van der Waals surface area contributed by atoms with Crippen molar-refractivity contribution in [3.8, 4) is 0 Å². The number of carbonyl (C=O) groups is 2. The summed E-state index contributed by atoms with van der Waals surface area (Å²) >= 11 is 0. The normalized spacial score (nSPS) is 17.2. The average Bonchev–Trinajstić information content (AvgIpc) is 3.43. The monoisotopic (exact) mass is 403 g/mol. The molecule has 0 aliphatic carbocycles. The van der Waals surface area contributed by atoms with Crippen molar-refractivity contribution in [3.63, 3.8) is 0 Å². The first-order valence-electron chi connectivity index (χ1n) is 10.2. The molecule has 0 saturated carbocycles. The summed E-state index contributed by atoms with van der Waals surface area (Å²) in [6.07, 6.45) is 4.16. The van der Waals surface area contributed by atoms with E-state index in [1.54, 1.807) is 15.9 Å². The number of anilines is 1. The number of rotatable bonds is 7. The molecule has 2 atom stereocenters. The van der Waals surface area contributed by atoms with E-state index in [9.17, 15) is 9.59 Å². The molecule has 1 saturated heterocycles. The van der Waals surface area contributed by atoms with E-state index in [1.165, 1.54) is 6.33 Å². The van der Waals surface area contributed by atoms with Crippen LogP contribution in [0.1, 0.15) is 30.5 Å². The minimum Gasteiger partial charge on any atom is -0.347 e. The molecule has 1 aromatic heterocycles. The second-order valence-corrected chi connectivity index (χ2v) is 7.48. The maximum atomic E-state index is 13.1. The number of carbonyl (C=O) groups excluding carboxylic acids is 2. The van der Waals surface area contributed by atoms with Crippen LogP contribution >= 0.6 is 0 Å². The van der Waals surface area contributed by atoms with E-state index in [4.69, 9.17) is 0 Å². The van der Waals surface area contributed by atoms with Crippen molar-refractivity contribution in [2.75, 3.05) is 11.4 Å². The lowest BCUT2D eigenvalue weighted by Crippen LogP contribution is -2.37. The van der Waals surface area contributed by atoms with Crippen LogP contribution in [0.15, 0.2) is 67.3 Å². The summed E-state index contributed by atoms with van der Waals surface area (Å²) in [7, 11) is 0. The molecule has 1 fully saturated rings. The largest absolute Gasteiger partial charge is 0.347 e. The topological polar surface area (TPSA) is 80.1 Å². The molecule has 30 heavy (non-hydrogen) atoms. The molecule has 2 aromatic carbocycles. The summed E-state index contributed by atoms with van der Waals surface area (Å²) in [5.74, 6) is -0.512. The van der Waals surface area contributed by atoms with E-state index >= 15 is 0 Å². The van der Waals surface area contributed by atoms with Crippen molar-refractivity contribution in [1.29, 1.82) is 0 Å². The van der Waals surface area contributed by atoms with Crippen LogP contribution in [0.5, 0.6) is 0 Å². The number of amides is 2. The van der Waals surface area contributed by atoms with E-state index in [0.717, 1.165) is 23.2 Å². The van der Waals surface area contributed by atoms with E-state index in [-0.39, 0.29) is 30.2 Å². The van der Waals surface area contributed by atoms with Crippen molar-refractivity contribution in [2.45, 2.75) is 32.4 Å². The highest BCUT2D eigenvalue weighted by molar-refractivity contribution is 6.00. The Labute approximate surface area is 175 Å². The first kappa shape index (κ1) is 19.8. The third-order valence-corrected chi connectivity index (χ3v) is 5.51. The van der Waals surface area contributed by atoms with E-state index in [1.807, 2.05) is 54.6 Å². The van der Waals surface area contributed by atoms with Gasteiger partial charge in [0.15, 0.2) is 0 Å². The van der Waals surface area contributed by atoms with Gasteiger partial charge in [-0.05, 0) is 23.6 Å². The maximum Gasteiger partial charge on any atom is 0.227 e. The molecule has 4 rings (SSSR count). The zero-order chi connectivity index (χ0) is 20.9. The van der Waals surface area contributed by atoms with Gasteiger partial charge in [-0.1, -0.05) is 55.5 Å². The number of nitrogens with one attached hydrogen (secondary N) is 1. The first-order chi connectivity index (χ1) is 14.7. The number of para-hydroxylation sites is 1. The lowest BCUT2D eigenvalue weighted by Gasteiger charge is -2.22. The summed E-state index contributed by atoms with van der Waals surface area (Å²) in [6, 6.07) is 17.4. The van der Waals surface area contributed by atoms with Gasteiger partial charge in [-0.3, -0.25) is 14.3 Å². The van der Waals surface area contributed by atoms with Crippen molar-refractivity contribution in [3.05, 3.63) is 78.4 Å². The summed E-state index contributed by atoms with van der Waals surface area (Å²) in [5.41, 5.74) is 3.00. The van der Waals surface area contributed by atoms with Gasteiger partial charge in [0.05, 0.1) is 18.5 Å². The lowest BCUT2D eigenvalue weighted by molar-refractivity contribution is -0.127. The zero-order valence-electron chi connectivity index (χ0n) is 16.9. The molecule has 1 aliphatic heterocycles. The Bertz CT molecular complexity index is 1000. The number of hydrogen-bond acceptors (Lipinski definition) is 4. The highest BCUT2D eigenvalue weighted by atomic mass is 16.2. The number of aryl methyl sites for hydroxylation is 1. The molecule has 0 spiro atoms. The van der Waals surface area contributed by atoms with Crippen LogP contribution in [-0.4, -0.2) is 33.1 Å². The molecule has 2 heterocycles. The Morgan fingerprint density at radius 3 is 2.67 bits per heavy atom. The van der Waals surface area contributed by atoms with Crippen LogP contribution in [0.3, 0.4) is 0 Å². The van der Waals surface area contributed by atoms with Crippen LogP contribution < -0.4 is 10.2 Å². The first-order valence-corrected chi connectivity index (χ1v) is 10.2. The maximum absolute atomic E-state index is 13.1. The lowest BCUT2D eigenvalue weighted by atomic mass is 10.0. The molecule has 7 heteroatoms. The number of aromatic nitrogens is 3. The highest BCUT2D eigenvalue weighted by Crippen LogP contribution is 2.29. The third-order valence-electron chi connectivity index (χ3n) is 5.51. The molecule has 2 unspecified atom stereocenters. The van der Waals surface area contributed by atoms with Gasteiger partial charge in [0.25, 0.3) is 0 Å². The van der Waals surface area contributed by atoms with Gasteiger partial charge >= 0.3 is 0 Å². The van der Waals surface area contributed by atoms with Gasteiger partial charge in [0.1, 0.15) is 12.7 Å². The van der Waals surface area contributed by atoms with E-state index in [2.05, 4.69) is 22.3 Å². The quantitative estimate of drug-likeness (QED) is 0.658. The van der Waals surface area contributed by atoms with Crippen LogP contribution in [0.4, 0.5) is 5.69 Å². The SMILES string of the molecule is CCc1ccccc1N1CC(C(=O)NC(Cn2cncn2)c2ccccc2)CC1=O. The van der Waals surface area contributed by atoms with Crippen molar-refractivity contribution >= 4 is 17.5 Å². The second kappa shape index (κ2) is 8.90. The molecule has 7 nitrogen and oxygen atoms in total. The van der Waals surface area contributed by atoms with Gasteiger partial charge < -0.3 is 10.2 Å². The fourth-order valence-electron chi connectivity index (χ4n) is 3.91. The summed E-state index contributed by atoms with van der Waals surface area (Å²) in [6.45, 7) is 2.93. The van der Waals surface area contributed by atoms with Crippen molar-refractivity contribution < 1.29 is 9.59 Å². The Kier molecular flexibility index (Phi) is 5.88. The fourth-order valence-corrected chi connectivity index (χ4v) is 3.91. The minimum absolute atomic E-state index is 0.0106. The predicted molar refractivity (Wildman–Crippen MR) is 114 cm³/mol. The van der Waals surface area contributed by atoms with Crippen molar-refractivity contribution in [2.24, 2.45) is 5.92 Å². The molecule has 1 N–H and O–H groups in total. The summed E-state index contributed by atoms with van der Waals surface area (Å²) < 4.78 is 1.70. The van der Waals surface area contributed by atoms with Gasteiger partial charge in [-0.15, -0.1) is 0 Å². The number of benzene rings is 2. The standard InChI is InChI=1S/C23H25N5O2/c1-2-17-8-6-7-11-21(17)28-13-19(12-22(28)29)23(30)26-20(14-27-16-24-15-25-27)18-9-4-3-5-10-18/h3-11,15-16,19-20H,2,12-14H2,1H3,(H,26,30). The van der Waals surface area contributed by atoms with Gasteiger partial charge in [0, 0.05) is 18.7 Å². The Morgan fingerprint density at radius 1 is 1.17 bits per heavy atom. The summed E-state index contributed by atoms with van der Waals surface area (Å²) in [4.78, 5) is 31.5. The van der Waals surface area contributed by atoms with Crippen LogP contribution in [0, 0.1) is 5.92 Å². The molecule has 0 radical (unpaired) electrons. The molecule has 154 valence electrons. The molecule has 2 amide bonds. The smallest absolute Gasteiger partial charge is 0.227 e. The van der Waals surface area contributed by atoms with E-state index < -0.39 is 0 Å². The van der Waals surface area contributed by atoms with Crippen LogP contribution in [0.2, 0.25) is 0 Å². The fraction of sp³-hybridized carbons (Fsp3) is 0.304. The minimum atomic E-state index is -0.385. The second-order valence-electron chi connectivity index (χ2n) is 7.48. The Balaban J connectivity index is 1.49. The van der Waals surface area contributed by atoms with Gasteiger partial charge in [-0.2, -0.15) is 5.10 Å².